The maximum atomic E-state index is 12.7. The summed E-state index contributed by atoms with van der Waals surface area (Å²) in [6.07, 6.45) is 6.16. The number of pyridine rings is 1. The third kappa shape index (κ3) is 4.75. The minimum Gasteiger partial charge on any atom is -0.290 e. The summed E-state index contributed by atoms with van der Waals surface area (Å²) < 4.78 is 50.4. The lowest BCUT2D eigenvalue weighted by molar-refractivity contribution is 0.561. The van der Waals surface area contributed by atoms with Gasteiger partial charge in [-0.05, 0) is 61.4 Å². The highest BCUT2D eigenvalue weighted by Crippen LogP contribution is 2.39. The Morgan fingerprint density at radius 3 is 2.27 bits per heavy atom. The van der Waals surface area contributed by atoms with E-state index in [1.165, 1.54) is 23.8 Å². The molecule has 10 heteroatoms. The fourth-order valence-electron chi connectivity index (χ4n) is 4.93. The summed E-state index contributed by atoms with van der Waals surface area (Å²) in [5.41, 5.74) is 6.53. The van der Waals surface area contributed by atoms with Crippen LogP contribution in [0.2, 0.25) is 0 Å². The predicted octanol–water partition coefficient (Wildman–Crippen LogP) is 6.63. The Balaban J connectivity index is 1.56. The maximum Gasteiger partial charge on any atom is 0.194 e. The Bertz CT molecular complexity index is 2180. The number of hydrogen-bond donors (Lipinski definition) is 0. The smallest absolute Gasteiger partial charge is 0.194 e. The van der Waals surface area contributed by atoms with Crippen molar-refractivity contribution in [2.24, 2.45) is 0 Å². The van der Waals surface area contributed by atoms with Crippen LogP contribution < -0.4 is 0 Å². The molecule has 0 unspecified atom stereocenters. The molecule has 0 amide bonds. The number of nitrogens with zero attached hydrogens (tertiary/aromatic N) is 3. The lowest BCUT2D eigenvalue weighted by Gasteiger charge is -2.24. The first-order chi connectivity index (χ1) is 19.3. The summed E-state index contributed by atoms with van der Waals surface area (Å²) in [4.78, 5) is 10.6. The second kappa shape index (κ2) is 9.61. The number of imidazole rings is 1. The van der Waals surface area contributed by atoms with Crippen LogP contribution in [0.3, 0.4) is 0 Å². The van der Waals surface area contributed by atoms with Crippen LogP contribution in [0.5, 0.6) is 0 Å². The molecule has 0 atom stereocenters. The van der Waals surface area contributed by atoms with Crippen LogP contribution in [0, 0.1) is 0 Å². The van der Waals surface area contributed by atoms with Crippen LogP contribution in [0.1, 0.15) is 19.4 Å². The van der Waals surface area contributed by atoms with E-state index in [2.05, 4.69) is 11.1 Å². The molecule has 7 nitrogen and oxygen atoms in total. The van der Waals surface area contributed by atoms with E-state index < -0.39 is 24.4 Å². The van der Waals surface area contributed by atoms with Crippen molar-refractivity contribution in [3.63, 3.8) is 0 Å². The molecule has 208 valence electrons. The van der Waals surface area contributed by atoms with Crippen LogP contribution in [-0.2, 0) is 24.4 Å². The molecule has 0 aliphatic heterocycles. The standard InChI is InChI=1S/C31H27N3O4S3/c1-31(2,41(4,37)38)24-18-22-9-6-14-32-27(22)26(19-24)21-7-5-8-23(17-21)29-28(33-30-34(29)15-16-39-30)20-10-12-25(13-11-20)40(3,35)36/h5-19H,1-4H3. The first kappa shape index (κ1) is 27.3. The van der Waals surface area contributed by atoms with E-state index in [-0.39, 0.29) is 4.90 Å². The molecule has 6 aromatic rings. The summed E-state index contributed by atoms with van der Waals surface area (Å²) in [5.74, 6) is 0. The molecule has 0 saturated carbocycles. The van der Waals surface area contributed by atoms with Crippen molar-refractivity contribution in [3.05, 3.63) is 96.1 Å². The van der Waals surface area contributed by atoms with Gasteiger partial charge in [-0.1, -0.05) is 36.4 Å². The summed E-state index contributed by atoms with van der Waals surface area (Å²) >= 11 is 1.52. The van der Waals surface area contributed by atoms with E-state index >= 15 is 0 Å². The molecule has 0 saturated heterocycles. The van der Waals surface area contributed by atoms with Gasteiger partial charge in [-0.2, -0.15) is 0 Å². The fraction of sp³-hybridized carbons (Fsp3) is 0.161. The van der Waals surface area contributed by atoms with Gasteiger partial charge in [-0.15, -0.1) is 11.3 Å². The van der Waals surface area contributed by atoms with Gasteiger partial charge in [-0.3, -0.25) is 9.38 Å². The largest absolute Gasteiger partial charge is 0.290 e. The van der Waals surface area contributed by atoms with Crippen molar-refractivity contribution in [2.45, 2.75) is 23.5 Å². The molecule has 0 fully saturated rings. The average Bonchev–Trinajstić information content (AvgIpc) is 3.53. The van der Waals surface area contributed by atoms with Gasteiger partial charge in [0.05, 0.1) is 26.5 Å². The molecule has 3 heterocycles. The van der Waals surface area contributed by atoms with Crippen LogP contribution in [0.4, 0.5) is 0 Å². The van der Waals surface area contributed by atoms with E-state index in [9.17, 15) is 16.8 Å². The van der Waals surface area contributed by atoms with E-state index in [0.29, 0.717) is 5.56 Å². The zero-order valence-electron chi connectivity index (χ0n) is 22.9. The van der Waals surface area contributed by atoms with E-state index in [4.69, 9.17) is 4.98 Å². The summed E-state index contributed by atoms with van der Waals surface area (Å²) in [6.45, 7) is 3.45. The molecule has 3 aromatic heterocycles. The third-order valence-electron chi connectivity index (χ3n) is 7.59. The minimum atomic E-state index is -3.40. The second-order valence-corrected chi connectivity index (χ2v) is 16.1. The minimum absolute atomic E-state index is 0.252. The Morgan fingerprint density at radius 2 is 1.56 bits per heavy atom. The number of benzene rings is 3. The lowest BCUT2D eigenvalue weighted by atomic mass is 9.92. The SMILES string of the molecule is CC(C)(c1cc(-c2cccc(-c3c(-c4ccc(S(C)(=O)=O)cc4)nc4sccn34)c2)c2ncccc2c1)S(C)(=O)=O. The van der Waals surface area contributed by atoms with Gasteiger partial charge in [0.2, 0.25) is 0 Å². The average molecular weight is 602 g/mol. The highest BCUT2D eigenvalue weighted by atomic mass is 32.2. The Morgan fingerprint density at radius 1 is 0.829 bits per heavy atom. The van der Waals surface area contributed by atoms with Gasteiger partial charge >= 0.3 is 0 Å². The molecule has 0 aliphatic carbocycles. The molecule has 0 bridgehead atoms. The number of rotatable bonds is 6. The van der Waals surface area contributed by atoms with Gasteiger partial charge in [0, 0.05) is 52.4 Å². The van der Waals surface area contributed by atoms with Gasteiger partial charge in [0.15, 0.2) is 24.6 Å². The molecule has 0 radical (unpaired) electrons. The molecule has 41 heavy (non-hydrogen) atoms. The molecule has 0 spiro atoms. The molecule has 3 aromatic carbocycles. The third-order valence-corrected chi connectivity index (χ3v) is 11.6. The Labute approximate surface area is 243 Å². The number of sulfone groups is 2. The second-order valence-electron chi connectivity index (χ2n) is 10.6. The maximum absolute atomic E-state index is 12.7. The van der Waals surface area contributed by atoms with E-state index in [1.54, 1.807) is 44.3 Å². The molecular weight excluding hydrogens is 575 g/mol. The summed E-state index contributed by atoms with van der Waals surface area (Å²) in [5, 5.41) is 2.83. The Kier molecular flexibility index (Phi) is 6.40. The number of hydrogen-bond acceptors (Lipinski definition) is 7. The summed E-state index contributed by atoms with van der Waals surface area (Å²) in [6, 6.07) is 22.4. The van der Waals surface area contributed by atoms with E-state index in [1.807, 2.05) is 58.4 Å². The van der Waals surface area contributed by atoms with Crippen LogP contribution in [0.15, 0.2) is 95.5 Å². The first-order valence-electron chi connectivity index (χ1n) is 12.8. The monoisotopic (exact) mass is 601 g/mol. The highest BCUT2D eigenvalue weighted by molar-refractivity contribution is 7.91. The molecule has 0 aliphatic rings. The van der Waals surface area contributed by atoms with Crippen molar-refractivity contribution in [1.82, 2.24) is 14.4 Å². The Hall–Kier alpha value is -3.86. The molecular formula is C31H27N3O4S3. The van der Waals surface area contributed by atoms with Crippen molar-refractivity contribution >= 4 is 46.9 Å². The number of aromatic nitrogens is 3. The molecule has 0 N–H and O–H groups in total. The van der Waals surface area contributed by atoms with Gasteiger partial charge in [-0.25, -0.2) is 21.8 Å². The van der Waals surface area contributed by atoms with Gasteiger partial charge in [0.25, 0.3) is 0 Å². The fourth-order valence-corrected chi connectivity index (χ4v) is 6.82. The topological polar surface area (TPSA) is 98.5 Å². The van der Waals surface area contributed by atoms with Gasteiger partial charge in [0.1, 0.15) is 0 Å². The highest BCUT2D eigenvalue weighted by Gasteiger charge is 2.33. The lowest BCUT2D eigenvalue weighted by Crippen LogP contribution is -2.28. The quantitative estimate of drug-likeness (QED) is 0.213. The van der Waals surface area contributed by atoms with E-state index in [0.717, 1.165) is 49.5 Å². The predicted molar refractivity (Wildman–Crippen MR) is 166 cm³/mol. The molecule has 6 rings (SSSR count). The van der Waals surface area contributed by atoms with Crippen molar-refractivity contribution in [2.75, 3.05) is 12.5 Å². The zero-order chi connectivity index (χ0) is 29.2. The van der Waals surface area contributed by atoms with Crippen molar-refractivity contribution < 1.29 is 16.8 Å². The van der Waals surface area contributed by atoms with Crippen molar-refractivity contribution in [1.29, 1.82) is 0 Å². The van der Waals surface area contributed by atoms with Crippen LogP contribution in [0.25, 0.3) is 49.5 Å². The van der Waals surface area contributed by atoms with Gasteiger partial charge < -0.3 is 0 Å². The van der Waals surface area contributed by atoms with Crippen molar-refractivity contribution in [3.8, 4) is 33.6 Å². The number of thiazole rings is 1. The number of fused-ring (bicyclic) bond motifs is 2. The zero-order valence-corrected chi connectivity index (χ0v) is 25.3. The van der Waals surface area contributed by atoms with Crippen LogP contribution in [-0.4, -0.2) is 43.7 Å². The van der Waals surface area contributed by atoms with Crippen LogP contribution >= 0.6 is 11.3 Å². The first-order valence-corrected chi connectivity index (χ1v) is 17.5. The normalized spacial score (nSPS) is 12.8. The summed E-state index contributed by atoms with van der Waals surface area (Å²) in [7, 11) is -6.72.